The van der Waals surface area contributed by atoms with Gasteiger partial charge in [0.2, 0.25) is 0 Å². The van der Waals surface area contributed by atoms with Crippen LogP contribution in [0, 0.1) is 17.8 Å². The minimum Gasteiger partial charge on any atom is -0.481 e. The maximum absolute atomic E-state index is 12.4. The maximum Gasteiger partial charge on any atom is 0.306 e. The first-order valence-electron chi connectivity index (χ1n) is 6.80. The second-order valence-corrected chi connectivity index (χ2v) is 7.75. The van der Waals surface area contributed by atoms with E-state index in [1.54, 1.807) is 11.2 Å². The molecule has 2 atom stereocenters. The molecule has 2 heterocycles. The molecule has 0 aromatic carbocycles. The lowest BCUT2D eigenvalue weighted by Gasteiger charge is -2.43. The molecule has 110 valence electrons. The molecule has 6 nitrogen and oxygen atoms in total. The zero-order chi connectivity index (χ0) is 14.2. The lowest BCUT2D eigenvalue weighted by Crippen LogP contribution is -2.58. The van der Waals surface area contributed by atoms with Crippen molar-refractivity contribution in [3.63, 3.8) is 0 Å². The first-order valence-corrected chi connectivity index (χ1v) is 8.20. The van der Waals surface area contributed by atoms with Crippen molar-refractivity contribution in [3.8, 4) is 0 Å². The van der Waals surface area contributed by atoms with Gasteiger partial charge in [0, 0.05) is 26.2 Å². The van der Waals surface area contributed by atoms with E-state index in [0.717, 1.165) is 12.8 Å². The second-order valence-electron chi connectivity index (χ2n) is 5.82. The summed E-state index contributed by atoms with van der Waals surface area (Å²) in [4.78, 5) is 10.9. The third-order valence-corrected chi connectivity index (χ3v) is 6.18. The molecule has 2 fully saturated rings. The molecule has 0 spiro atoms. The van der Waals surface area contributed by atoms with Crippen molar-refractivity contribution in [3.05, 3.63) is 0 Å². The zero-order valence-electron chi connectivity index (χ0n) is 11.4. The third-order valence-electron chi connectivity index (χ3n) is 4.25. The SMILES string of the molecule is CC1CCCN(S(=O)(=O)N2CC(C(C)C(=O)O)C2)C1. The Morgan fingerprint density at radius 3 is 2.42 bits per heavy atom. The number of carboxylic acid groups (broad SMARTS) is 1. The van der Waals surface area contributed by atoms with Crippen LogP contribution in [0.3, 0.4) is 0 Å². The van der Waals surface area contributed by atoms with Crippen LogP contribution in [0.5, 0.6) is 0 Å². The van der Waals surface area contributed by atoms with Crippen molar-refractivity contribution in [2.24, 2.45) is 17.8 Å². The van der Waals surface area contributed by atoms with E-state index in [9.17, 15) is 13.2 Å². The lowest BCUT2D eigenvalue weighted by atomic mass is 9.89. The minimum atomic E-state index is -3.38. The van der Waals surface area contributed by atoms with Crippen molar-refractivity contribution in [1.29, 1.82) is 0 Å². The van der Waals surface area contributed by atoms with Gasteiger partial charge in [-0.05, 0) is 24.7 Å². The van der Waals surface area contributed by atoms with Crippen LogP contribution in [0.25, 0.3) is 0 Å². The Kier molecular flexibility index (Phi) is 4.17. The van der Waals surface area contributed by atoms with E-state index in [-0.39, 0.29) is 5.92 Å². The van der Waals surface area contributed by atoms with E-state index in [1.165, 1.54) is 4.31 Å². The molecule has 2 rings (SSSR count). The molecule has 2 aliphatic rings. The van der Waals surface area contributed by atoms with Gasteiger partial charge in [-0.3, -0.25) is 4.79 Å². The Labute approximate surface area is 114 Å². The smallest absolute Gasteiger partial charge is 0.306 e. The maximum atomic E-state index is 12.4. The highest BCUT2D eigenvalue weighted by molar-refractivity contribution is 7.86. The van der Waals surface area contributed by atoms with Gasteiger partial charge in [0.25, 0.3) is 10.2 Å². The standard InChI is InChI=1S/C12H22N2O4S/c1-9-4-3-5-13(6-9)19(17,18)14-7-11(8-14)10(2)12(15)16/h9-11H,3-8H2,1-2H3,(H,15,16). The number of carbonyl (C=O) groups is 1. The summed E-state index contributed by atoms with van der Waals surface area (Å²) in [7, 11) is -3.38. The fourth-order valence-electron chi connectivity index (χ4n) is 2.70. The van der Waals surface area contributed by atoms with Gasteiger partial charge in [0.05, 0.1) is 5.92 Å². The third kappa shape index (κ3) is 2.93. The molecule has 7 heteroatoms. The number of aliphatic carboxylic acids is 1. The number of carboxylic acids is 1. The Hall–Kier alpha value is -0.660. The van der Waals surface area contributed by atoms with Crippen LogP contribution in [0.4, 0.5) is 0 Å². The normalized spacial score (nSPS) is 28.8. The summed E-state index contributed by atoms with van der Waals surface area (Å²) in [5, 5.41) is 8.91. The fourth-order valence-corrected chi connectivity index (χ4v) is 4.58. The van der Waals surface area contributed by atoms with Crippen LogP contribution >= 0.6 is 0 Å². The summed E-state index contributed by atoms with van der Waals surface area (Å²) < 4.78 is 27.7. The first-order chi connectivity index (χ1) is 8.82. The van der Waals surface area contributed by atoms with Crippen molar-refractivity contribution in [1.82, 2.24) is 8.61 Å². The van der Waals surface area contributed by atoms with Gasteiger partial charge in [-0.25, -0.2) is 0 Å². The van der Waals surface area contributed by atoms with Crippen molar-refractivity contribution < 1.29 is 18.3 Å². The largest absolute Gasteiger partial charge is 0.481 e. The number of nitrogens with zero attached hydrogens (tertiary/aromatic N) is 2. The van der Waals surface area contributed by atoms with E-state index >= 15 is 0 Å². The molecule has 2 unspecified atom stereocenters. The van der Waals surface area contributed by atoms with E-state index in [4.69, 9.17) is 5.11 Å². The molecule has 0 saturated carbocycles. The topological polar surface area (TPSA) is 77.9 Å². The first kappa shape index (κ1) is 14.7. The van der Waals surface area contributed by atoms with Crippen molar-refractivity contribution >= 4 is 16.2 Å². The Bertz CT molecular complexity index is 445. The van der Waals surface area contributed by atoms with E-state index in [2.05, 4.69) is 6.92 Å². The molecule has 0 bridgehead atoms. The van der Waals surface area contributed by atoms with Crippen LogP contribution < -0.4 is 0 Å². The fraction of sp³-hybridized carbons (Fsp3) is 0.917. The summed E-state index contributed by atoms with van der Waals surface area (Å²) >= 11 is 0. The summed E-state index contributed by atoms with van der Waals surface area (Å²) in [6.07, 6.45) is 1.98. The molecule has 0 aromatic rings. The van der Waals surface area contributed by atoms with Gasteiger partial charge >= 0.3 is 5.97 Å². The monoisotopic (exact) mass is 290 g/mol. The van der Waals surface area contributed by atoms with Crippen LogP contribution in [-0.4, -0.2) is 54.3 Å². The van der Waals surface area contributed by atoms with Gasteiger partial charge in [0.1, 0.15) is 0 Å². The molecular formula is C12H22N2O4S. The van der Waals surface area contributed by atoms with Crippen molar-refractivity contribution in [2.45, 2.75) is 26.7 Å². The Morgan fingerprint density at radius 1 is 1.26 bits per heavy atom. The van der Waals surface area contributed by atoms with Crippen LogP contribution in [0.15, 0.2) is 0 Å². The molecule has 0 radical (unpaired) electrons. The number of hydrogen-bond acceptors (Lipinski definition) is 3. The molecule has 0 aliphatic carbocycles. The van der Waals surface area contributed by atoms with Crippen LogP contribution in [0.2, 0.25) is 0 Å². The van der Waals surface area contributed by atoms with Gasteiger partial charge in [-0.2, -0.15) is 17.0 Å². The average Bonchev–Trinajstić information content (AvgIpc) is 2.26. The minimum absolute atomic E-state index is 0.0607. The van der Waals surface area contributed by atoms with Gasteiger partial charge < -0.3 is 5.11 Å². The highest BCUT2D eigenvalue weighted by atomic mass is 32.2. The summed E-state index contributed by atoms with van der Waals surface area (Å²) in [6, 6.07) is 0. The molecule has 2 saturated heterocycles. The predicted octanol–water partition coefficient (Wildman–Crippen LogP) is 0.616. The zero-order valence-corrected chi connectivity index (χ0v) is 12.3. The summed E-state index contributed by atoms with van der Waals surface area (Å²) in [6.45, 7) is 5.54. The Balaban J connectivity index is 1.94. The quantitative estimate of drug-likeness (QED) is 0.823. The van der Waals surface area contributed by atoms with Crippen LogP contribution in [-0.2, 0) is 15.0 Å². The number of piperidine rings is 1. The van der Waals surface area contributed by atoms with Crippen molar-refractivity contribution in [2.75, 3.05) is 26.2 Å². The predicted molar refractivity (Wildman–Crippen MR) is 70.8 cm³/mol. The molecule has 0 aromatic heterocycles. The highest BCUT2D eigenvalue weighted by Gasteiger charge is 2.43. The van der Waals surface area contributed by atoms with Gasteiger partial charge in [-0.1, -0.05) is 13.8 Å². The Morgan fingerprint density at radius 2 is 1.89 bits per heavy atom. The number of hydrogen-bond donors (Lipinski definition) is 1. The molecule has 2 aliphatic heterocycles. The van der Waals surface area contributed by atoms with E-state index in [0.29, 0.717) is 32.1 Å². The number of rotatable bonds is 4. The van der Waals surface area contributed by atoms with Crippen LogP contribution in [0.1, 0.15) is 26.7 Å². The molecule has 19 heavy (non-hydrogen) atoms. The average molecular weight is 290 g/mol. The second kappa shape index (κ2) is 5.38. The molecular weight excluding hydrogens is 268 g/mol. The van der Waals surface area contributed by atoms with E-state index < -0.39 is 22.1 Å². The van der Waals surface area contributed by atoms with Gasteiger partial charge in [0.15, 0.2) is 0 Å². The highest BCUT2D eigenvalue weighted by Crippen LogP contribution is 2.29. The molecule has 0 amide bonds. The molecule has 1 N–H and O–H groups in total. The summed E-state index contributed by atoms with van der Waals surface area (Å²) in [5.74, 6) is -0.992. The lowest BCUT2D eigenvalue weighted by molar-refractivity contribution is -0.144. The van der Waals surface area contributed by atoms with Gasteiger partial charge in [-0.15, -0.1) is 0 Å². The summed E-state index contributed by atoms with van der Waals surface area (Å²) in [5.41, 5.74) is 0. The van der Waals surface area contributed by atoms with E-state index in [1.807, 2.05) is 0 Å².